The molecule has 1 aliphatic rings. The fourth-order valence-corrected chi connectivity index (χ4v) is 4.81. The molecule has 0 atom stereocenters. The average molecular weight is 513 g/mol. The van der Waals surface area contributed by atoms with Gasteiger partial charge in [-0.25, -0.2) is 9.67 Å². The first-order valence-electron chi connectivity index (χ1n) is 11.1. The molecule has 0 bridgehead atoms. The van der Waals surface area contributed by atoms with Gasteiger partial charge < -0.3 is 14.6 Å². The summed E-state index contributed by atoms with van der Waals surface area (Å²) >= 11 is 12.3. The molecule has 35 heavy (non-hydrogen) atoms. The summed E-state index contributed by atoms with van der Waals surface area (Å²) in [6, 6.07) is 12.4. The van der Waals surface area contributed by atoms with Crippen molar-refractivity contribution in [2.24, 2.45) is 0 Å². The SMILES string of the molecule is COc1ccccc1C(=O)N1CCC(c2nc3c(nnn3Cc3ccc(Cl)cc3Cl)c(=O)[nH]2)CC1. The van der Waals surface area contributed by atoms with Gasteiger partial charge >= 0.3 is 0 Å². The fraction of sp³-hybridized carbons (Fsp3) is 0.292. The van der Waals surface area contributed by atoms with Crippen molar-refractivity contribution in [3.8, 4) is 5.75 Å². The number of para-hydroxylation sites is 1. The predicted molar refractivity (Wildman–Crippen MR) is 132 cm³/mol. The minimum Gasteiger partial charge on any atom is -0.496 e. The number of ether oxygens (including phenoxy) is 1. The van der Waals surface area contributed by atoms with Crippen LogP contribution in [-0.2, 0) is 6.54 Å². The van der Waals surface area contributed by atoms with Crippen molar-refractivity contribution < 1.29 is 9.53 Å². The third-order valence-electron chi connectivity index (χ3n) is 6.23. The summed E-state index contributed by atoms with van der Waals surface area (Å²) in [4.78, 5) is 35.1. The smallest absolute Gasteiger partial charge is 0.281 e. The van der Waals surface area contributed by atoms with Crippen LogP contribution in [0.2, 0.25) is 10.0 Å². The minimum absolute atomic E-state index is 0.00344. The van der Waals surface area contributed by atoms with Crippen molar-refractivity contribution in [2.45, 2.75) is 25.3 Å². The molecule has 9 nitrogen and oxygen atoms in total. The standard InChI is InChI=1S/C24H22Cl2N6O3/c1-35-19-5-3-2-4-17(19)24(34)31-10-8-14(9-11-31)21-27-22-20(23(33)28-21)29-30-32(22)13-15-6-7-16(25)12-18(15)26/h2-7,12,14H,8-11,13H2,1H3,(H,27,28,33). The van der Waals surface area contributed by atoms with Crippen LogP contribution in [0, 0.1) is 0 Å². The number of piperidine rings is 1. The largest absolute Gasteiger partial charge is 0.496 e. The van der Waals surface area contributed by atoms with Gasteiger partial charge in [-0.1, -0.05) is 46.6 Å². The van der Waals surface area contributed by atoms with Gasteiger partial charge in [0.25, 0.3) is 11.5 Å². The highest BCUT2D eigenvalue weighted by Crippen LogP contribution is 2.28. The molecule has 1 fully saturated rings. The molecule has 3 heterocycles. The summed E-state index contributed by atoms with van der Waals surface area (Å²) in [5, 5.41) is 9.16. The van der Waals surface area contributed by atoms with Crippen molar-refractivity contribution in [3.05, 3.63) is 79.8 Å². The molecule has 0 radical (unpaired) electrons. The van der Waals surface area contributed by atoms with E-state index in [0.29, 0.717) is 65.3 Å². The summed E-state index contributed by atoms with van der Waals surface area (Å²) < 4.78 is 6.89. The first-order valence-corrected chi connectivity index (χ1v) is 11.9. The van der Waals surface area contributed by atoms with Crippen molar-refractivity contribution in [2.75, 3.05) is 20.2 Å². The van der Waals surface area contributed by atoms with E-state index in [1.165, 1.54) is 0 Å². The van der Waals surface area contributed by atoms with E-state index in [0.717, 1.165) is 5.56 Å². The van der Waals surface area contributed by atoms with Crippen molar-refractivity contribution >= 4 is 40.3 Å². The van der Waals surface area contributed by atoms with Crippen LogP contribution in [0.25, 0.3) is 11.2 Å². The number of aromatic amines is 1. The van der Waals surface area contributed by atoms with Crippen LogP contribution in [0.3, 0.4) is 0 Å². The number of nitrogens with zero attached hydrogens (tertiary/aromatic N) is 5. The Kier molecular flexibility index (Phi) is 6.44. The number of rotatable bonds is 5. The summed E-state index contributed by atoms with van der Waals surface area (Å²) in [5.74, 6) is 1.05. The number of benzene rings is 2. The predicted octanol–water partition coefficient (Wildman–Crippen LogP) is 3.90. The molecule has 0 saturated carbocycles. The van der Waals surface area contributed by atoms with E-state index in [9.17, 15) is 9.59 Å². The average Bonchev–Trinajstić information content (AvgIpc) is 3.28. The Balaban J connectivity index is 1.36. The molecule has 4 aromatic rings. The monoisotopic (exact) mass is 512 g/mol. The van der Waals surface area contributed by atoms with Gasteiger partial charge in [-0.05, 0) is 42.7 Å². The number of H-pyrrole nitrogens is 1. The van der Waals surface area contributed by atoms with Crippen LogP contribution in [0.5, 0.6) is 5.75 Å². The molecule has 5 rings (SSSR count). The lowest BCUT2D eigenvalue weighted by molar-refractivity contribution is 0.0707. The van der Waals surface area contributed by atoms with Crippen LogP contribution in [-0.4, -0.2) is 56.0 Å². The Labute approximate surface area is 210 Å². The molecular weight excluding hydrogens is 491 g/mol. The molecule has 11 heteroatoms. The quantitative estimate of drug-likeness (QED) is 0.434. The Morgan fingerprint density at radius 3 is 2.69 bits per heavy atom. The molecule has 180 valence electrons. The van der Waals surface area contributed by atoms with Gasteiger partial charge in [0, 0.05) is 29.1 Å². The maximum atomic E-state index is 13.0. The van der Waals surface area contributed by atoms with E-state index in [1.807, 2.05) is 12.1 Å². The first kappa shape index (κ1) is 23.3. The van der Waals surface area contributed by atoms with Crippen LogP contribution in [0.1, 0.15) is 40.5 Å². The lowest BCUT2D eigenvalue weighted by Gasteiger charge is -2.31. The van der Waals surface area contributed by atoms with Gasteiger partial charge in [0.2, 0.25) is 0 Å². The Bertz CT molecular complexity index is 1460. The summed E-state index contributed by atoms with van der Waals surface area (Å²) in [7, 11) is 1.55. The lowest BCUT2D eigenvalue weighted by atomic mass is 9.95. The number of likely N-dealkylation sites (tertiary alicyclic amines) is 1. The van der Waals surface area contributed by atoms with Crippen LogP contribution >= 0.6 is 23.2 Å². The second kappa shape index (κ2) is 9.67. The molecule has 2 aromatic carbocycles. The molecule has 2 aromatic heterocycles. The minimum atomic E-state index is -0.342. The molecule has 1 saturated heterocycles. The van der Waals surface area contributed by atoms with E-state index in [4.69, 9.17) is 32.9 Å². The van der Waals surface area contributed by atoms with E-state index in [1.54, 1.807) is 47.0 Å². The first-order chi connectivity index (χ1) is 16.9. The number of carbonyl (C=O) groups is 1. The zero-order valence-electron chi connectivity index (χ0n) is 18.9. The van der Waals surface area contributed by atoms with Crippen molar-refractivity contribution in [3.63, 3.8) is 0 Å². The van der Waals surface area contributed by atoms with Crippen molar-refractivity contribution in [1.29, 1.82) is 0 Å². The van der Waals surface area contributed by atoms with Gasteiger partial charge in [0.1, 0.15) is 11.6 Å². The van der Waals surface area contributed by atoms with Crippen LogP contribution in [0.15, 0.2) is 47.3 Å². The van der Waals surface area contributed by atoms with Gasteiger partial charge in [-0.15, -0.1) is 5.10 Å². The van der Waals surface area contributed by atoms with Crippen LogP contribution in [0.4, 0.5) is 0 Å². The topological polar surface area (TPSA) is 106 Å². The Hall–Kier alpha value is -3.43. The number of nitrogens with one attached hydrogen (secondary N) is 1. The van der Waals surface area contributed by atoms with Crippen molar-refractivity contribution in [1.82, 2.24) is 29.9 Å². The lowest BCUT2D eigenvalue weighted by Crippen LogP contribution is -2.38. The number of halogens is 2. The Morgan fingerprint density at radius 2 is 1.94 bits per heavy atom. The zero-order valence-corrected chi connectivity index (χ0v) is 20.4. The number of amides is 1. The zero-order chi connectivity index (χ0) is 24.5. The van der Waals surface area contributed by atoms with Gasteiger partial charge in [0.05, 0.1) is 19.2 Å². The molecule has 0 spiro atoms. The van der Waals surface area contributed by atoms with Crippen LogP contribution < -0.4 is 10.3 Å². The molecule has 1 amide bonds. The molecule has 1 N–H and O–H groups in total. The number of carbonyl (C=O) groups excluding carboxylic acids is 1. The van der Waals surface area contributed by atoms with E-state index >= 15 is 0 Å². The van der Waals surface area contributed by atoms with Gasteiger partial charge in [-0.2, -0.15) is 0 Å². The normalized spacial score (nSPS) is 14.4. The number of fused-ring (bicyclic) bond motifs is 1. The summed E-state index contributed by atoms with van der Waals surface area (Å²) in [6.07, 6.45) is 1.33. The molecule has 0 unspecified atom stereocenters. The van der Waals surface area contributed by atoms with E-state index in [2.05, 4.69) is 15.3 Å². The molecule has 0 aliphatic carbocycles. The van der Waals surface area contributed by atoms with E-state index < -0.39 is 0 Å². The summed E-state index contributed by atoms with van der Waals surface area (Å²) in [5.41, 5.74) is 1.54. The Morgan fingerprint density at radius 1 is 1.17 bits per heavy atom. The molecular formula is C24H22Cl2N6O3. The molecule has 1 aliphatic heterocycles. The summed E-state index contributed by atoms with van der Waals surface area (Å²) in [6.45, 7) is 1.39. The number of methoxy groups -OCH3 is 1. The highest BCUT2D eigenvalue weighted by atomic mass is 35.5. The third kappa shape index (κ3) is 4.61. The third-order valence-corrected chi connectivity index (χ3v) is 6.82. The van der Waals surface area contributed by atoms with Gasteiger partial charge in [-0.3, -0.25) is 9.59 Å². The maximum Gasteiger partial charge on any atom is 0.281 e. The fourth-order valence-electron chi connectivity index (χ4n) is 4.34. The maximum absolute atomic E-state index is 13.0. The number of aromatic nitrogens is 5. The second-order valence-corrected chi connectivity index (χ2v) is 9.22. The number of hydrogen-bond donors (Lipinski definition) is 1. The second-order valence-electron chi connectivity index (χ2n) is 8.37. The highest BCUT2D eigenvalue weighted by molar-refractivity contribution is 6.35. The highest BCUT2D eigenvalue weighted by Gasteiger charge is 2.28. The van der Waals surface area contributed by atoms with Gasteiger partial charge in [0.15, 0.2) is 11.2 Å². The van der Waals surface area contributed by atoms with E-state index in [-0.39, 0.29) is 22.9 Å². The number of hydrogen-bond acceptors (Lipinski definition) is 6.